The Morgan fingerprint density at radius 1 is 1.24 bits per heavy atom. The van der Waals surface area contributed by atoms with Gasteiger partial charge in [-0.3, -0.25) is 4.98 Å². The van der Waals surface area contributed by atoms with E-state index in [9.17, 15) is 4.39 Å². The van der Waals surface area contributed by atoms with Crippen LogP contribution in [0.3, 0.4) is 0 Å². The van der Waals surface area contributed by atoms with E-state index in [1.165, 1.54) is 6.07 Å². The minimum Gasteiger partial charge on any atom is -0.345 e. The number of hydrogen-bond acceptors (Lipinski definition) is 2. The van der Waals surface area contributed by atoms with Crippen LogP contribution in [0.15, 0.2) is 41.4 Å². The van der Waals surface area contributed by atoms with E-state index in [1.807, 2.05) is 0 Å². The van der Waals surface area contributed by atoms with Crippen molar-refractivity contribution in [3.63, 3.8) is 0 Å². The van der Waals surface area contributed by atoms with E-state index in [2.05, 4.69) is 30.9 Å². The number of pyridine rings is 1. The Labute approximate surface area is 105 Å². The molecule has 0 aliphatic carbocycles. The monoisotopic (exact) mass is 291 g/mol. The Kier molecular flexibility index (Phi) is 2.40. The summed E-state index contributed by atoms with van der Waals surface area (Å²) in [7, 11) is 0. The minimum absolute atomic E-state index is 0.313. The molecule has 5 heteroatoms. The van der Waals surface area contributed by atoms with Gasteiger partial charge in [0.15, 0.2) is 0 Å². The van der Waals surface area contributed by atoms with Crippen molar-refractivity contribution in [1.29, 1.82) is 0 Å². The molecular weight excluding hydrogens is 285 g/mol. The van der Waals surface area contributed by atoms with Gasteiger partial charge in [0, 0.05) is 34.6 Å². The largest absolute Gasteiger partial charge is 0.345 e. The van der Waals surface area contributed by atoms with Gasteiger partial charge in [-0.05, 0) is 33.4 Å². The first-order chi connectivity index (χ1) is 8.25. The maximum atomic E-state index is 13.9. The second-order valence-electron chi connectivity index (χ2n) is 3.61. The Morgan fingerprint density at radius 3 is 2.88 bits per heavy atom. The van der Waals surface area contributed by atoms with Crippen LogP contribution in [-0.4, -0.2) is 15.0 Å². The topological polar surface area (TPSA) is 41.6 Å². The number of rotatable bonds is 1. The van der Waals surface area contributed by atoms with E-state index in [0.717, 1.165) is 15.2 Å². The van der Waals surface area contributed by atoms with Gasteiger partial charge in [-0.1, -0.05) is 0 Å². The van der Waals surface area contributed by atoms with Gasteiger partial charge in [-0.2, -0.15) is 0 Å². The summed E-state index contributed by atoms with van der Waals surface area (Å²) in [5.74, 6) is 0.209. The van der Waals surface area contributed by atoms with E-state index in [-0.39, 0.29) is 5.82 Å². The molecule has 84 valence electrons. The predicted octanol–water partition coefficient (Wildman–Crippen LogP) is 3.53. The van der Waals surface area contributed by atoms with Crippen molar-refractivity contribution in [3.05, 3.63) is 47.2 Å². The van der Waals surface area contributed by atoms with Crippen LogP contribution in [0.2, 0.25) is 0 Å². The number of nitrogens with zero attached hydrogens (tertiary/aromatic N) is 2. The highest BCUT2D eigenvalue weighted by Crippen LogP contribution is 2.29. The molecule has 3 aromatic rings. The van der Waals surface area contributed by atoms with Crippen LogP contribution < -0.4 is 0 Å². The predicted molar refractivity (Wildman–Crippen MR) is 67.0 cm³/mol. The van der Waals surface area contributed by atoms with Gasteiger partial charge in [-0.15, -0.1) is 0 Å². The van der Waals surface area contributed by atoms with Gasteiger partial charge < -0.3 is 4.98 Å². The number of aromatic nitrogens is 3. The number of fused-ring (bicyclic) bond motifs is 1. The molecule has 1 aromatic carbocycles. The minimum atomic E-state index is -0.313. The lowest BCUT2D eigenvalue weighted by molar-refractivity contribution is 0.632. The fraction of sp³-hybridized carbons (Fsp3) is 0. The molecular formula is C12H7BrFN3. The molecule has 0 amide bonds. The van der Waals surface area contributed by atoms with Crippen LogP contribution in [-0.2, 0) is 0 Å². The van der Waals surface area contributed by atoms with Crippen molar-refractivity contribution in [2.45, 2.75) is 0 Å². The smallest absolute Gasteiger partial charge is 0.140 e. The molecule has 2 heterocycles. The molecule has 1 N–H and O–H groups in total. The number of halogens is 2. The molecule has 0 aliphatic rings. The summed E-state index contributed by atoms with van der Waals surface area (Å²) < 4.78 is 14.7. The number of hydrogen-bond donors (Lipinski definition) is 1. The van der Waals surface area contributed by atoms with Crippen molar-refractivity contribution in [2.75, 3.05) is 0 Å². The highest BCUT2D eigenvalue weighted by atomic mass is 79.9. The Balaban J connectivity index is 2.34. The molecule has 0 spiro atoms. The summed E-state index contributed by atoms with van der Waals surface area (Å²) in [4.78, 5) is 11.0. The maximum absolute atomic E-state index is 13.9. The summed E-state index contributed by atoms with van der Waals surface area (Å²) in [6.45, 7) is 0. The molecule has 0 unspecified atom stereocenters. The maximum Gasteiger partial charge on any atom is 0.140 e. The van der Waals surface area contributed by atoms with Crippen molar-refractivity contribution >= 4 is 26.7 Å². The highest BCUT2D eigenvalue weighted by Gasteiger charge is 2.10. The van der Waals surface area contributed by atoms with Gasteiger partial charge in [-0.25, -0.2) is 9.37 Å². The van der Waals surface area contributed by atoms with Gasteiger partial charge >= 0.3 is 0 Å². The van der Waals surface area contributed by atoms with Crippen molar-refractivity contribution in [1.82, 2.24) is 15.0 Å². The molecule has 0 atom stereocenters. The standard InChI is InChI=1S/C12H7BrFN3/c13-10-6-15-5-7-3-11(14)9(4-8(7)10)12-16-1-2-17-12/h1-6H,(H,16,17). The van der Waals surface area contributed by atoms with Gasteiger partial charge in [0.05, 0.1) is 5.56 Å². The summed E-state index contributed by atoms with van der Waals surface area (Å²) in [5.41, 5.74) is 0.453. The number of H-pyrrole nitrogens is 1. The Morgan fingerprint density at radius 2 is 2.12 bits per heavy atom. The number of benzene rings is 1. The van der Waals surface area contributed by atoms with Crippen LogP contribution in [0, 0.1) is 5.82 Å². The van der Waals surface area contributed by atoms with Gasteiger partial charge in [0.1, 0.15) is 11.6 Å². The molecule has 0 saturated heterocycles. The lowest BCUT2D eigenvalue weighted by Crippen LogP contribution is -1.88. The molecule has 0 radical (unpaired) electrons. The van der Waals surface area contributed by atoms with Crippen LogP contribution in [0.1, 0.15) is 0 Å². The van der Waals surface area contributed by atoms with Crippen molar-refractivity contribution in [3.8, 4) is 11.4 Å². The second-order valence-corrected chi connectivity index (χ2v) is 4.47. The fourth-order valence-corrected chi connectivity index (χ4v) is 2.21. The number of aromatic amines is 1. The fourth-order valence-electron chi connectivity index (χ4n) is 1.75. The molecule has 0 fully saturated rings. The zero-order chi connectivity index (χ0) is 11.8. The zero-order valence-corrected chi connectivity index (χ0v) is 10.2. The molecule has 0 bridgehead atoms. The van der Waals surface area contributed by atoms with Crippen LogP contribution >= 0.6 is 15.9 Å². The van der Waals surface area contributed by atoms with Crippen LogP contribution in [0.25, 0.3) is 22.2 Å². The van der Waals surface area contributed by atoms with E-state index >= 15 is 0 Å². The summed E-state index contributed by atoms with van der Waals surface area (Å²) >= 11 is 3.40. The third-order valence-corrected chi connectivity index (χ3v) is 3.18. The number of nitrogens with one attached hydrogen (secondary N) is 1. The summed E-state index contributed by atoms with van der Waals surface area (Å²) in [5, 5.41) is 1.67. The normalized spacial score (nSPS) is 10.9. The van der Waals surface area contributed by atoms with Crippen molar-refractivity contribution in [2.24, 2.45) is 0 Å². The Hall–Kier alpha value is -1.75. The molecule has 0 saturated carbocycles. The summed E-state index contributed by atoms with van der Waals surface area (Å²) in [6.07, 6.45) is 6.59. The van der Waals surface area contributed by atoms with Gasteiger partial charge in [0.25, 0.3) is 0 Å². The molecule has 17 heavy (non-hydrogen) atoms. The second kappa shape index (κ2) is 3.92. The first-order valence-corrected chi connectivity index (χ1v) is 5.77. The SMILES string of the molecule is Fc1cc2cncc(Br)c2cc1-c1ncc[nH]1. The molecule has 3 rings (SSSR count). The van der Waals surface area contributed by atoms with Crippen molar-refractivity contribution < 1.29 is 4.39 Å². The molecule has 0 aliphatic heterocycles. The van der Waals surface area contributed by atoms with E-state index in [1.54, 1.807) is 30.9 Å². The van der Waals surface area contributed by atoms with Gasteiger partial charge in [0.2, 0.25) is 0 Å². The van der Waals surface area contributed by atoms with E-state index < -0.39 is 0 Å². The highest BCUT2D eigenvalue weighted by molar-refractivity contribution is 9.10. The third kappa shape index (κ3) is 1.72. The first kappa shape index (κ1) is 10.4. The third-order valence-electron chi connectivity index (χ3n) is 2.55. The van der Waals surface area contributed by atoms with E-state index in [4.69, 9.17) is 0 Å². The average molecular weight is 292 g/mol. The molecule has 3 nitrogen and oxygen atoms in total. The summed E-state index contributed by atoms with van der Waals surface area (Å²) in [6, 6.07) is 3.22. The first-order valence-electron chi connectivity index (χ1n) is 4.98. The van der Waals surface area contributed by atoms with Crippen LogP contribution in [0.4, 0.5) is 4.39 Å². The zero-order valence-electron chi connectivity index (χ0n) is 8.61. The Bertz CT molecular complexity index is 680. The molecule has 2 aromatic heterocycles. The lowest BCUT2D eigenvalue weighted by atomic mass is 10.1. The van der Waals surface area contributed by atoms with E-state index in [0.29, 0.717) is 11.4 Å². The lowest BCUT2D eigenvalue weighted by Gasteiger charge is -2.04. The number of imidazole rings is 1. The van der Waals surface area contributed by atoms with Crippen LogP contribution in [0.5, 0.6) is 0 Å². The average Bonchev–Trinajstić information content (AvgIpc) is 2.82. The quantitative estimate of drug-likeness (QED) is 0.745.